The molecule has 0 aromatic heterocycles. The molecule has 0 aliphatic carbocycles. The van der Waals surface area contributed by atoms with Gasteiger partial charge in [-0.25, -0.2) is 4.39 Å². The van der Waals surface area contributed by atoms with Crippen molar-refractivity contribution >= 4 is 23.3 Å². The Morgan fingerprint density at radius 2 is 1.69 bits per heavy atom. The van der Waals surface area contributed by atoms with E-state index in [4.69, 9.17) is 4.84 Å². The summed E-state index contributed by atoms with van der Waals surface area (Å²) in [5.41, 5.74) is 5.35. The average Bonchev–Trinajstić information content (AvgIpc) is 3.35. The molecule has 0 saturated carbocycles. The molecule has 2 heterocycles. The molecule has 0 atom stereocenters. The van der Waals surface area contributed by atoms with Crippen molar-refractivity contribution in [1.29, 1.82) is 0 Å². The summed E-state index contributed by atoms with van der Waals surface area (Å²) in [7, 11) is 0. The summed E-state index contributed by atoms with van der Waals surface area (Å²) in [6.07, 6.45) is 7.80. The van der Waals surface area contributed by atoms with Gasteiger partial charge in [0, 0.05) is 44.0 Å². The minimum atomic E-state index is -0.430. The van der Waals surface area contributed by atoms with Crippen LogP contribution < -0.4 is 0 Å². The first kappa shape index (κ1) is 26.6. The van der Waals surface area contributed by atoms with Crippen molar-refractivity contribution in [3.05, 3.63) is 119 Å². The zero-order chi connectivity index (χ0) is 27.5. The Morgan fingerprint density at radius 3 is 2.36 bits per heavy atom. The molecule has 200 valence electrons. The predicted octanol–water partition coefficient (Wildman–Crippen LogP) is 7.41. The number of piperidine rings is 1. The standard InChI is InChI=1S/C34H35FN2O2/c1-33(2,3)29-16-14-26(15-17-29)27(13-12-25-8-5-4-6-9-25)23-32(38)37-20-18-34(19-21-37)24-31(36-39-34)28-10-7-11-30(35)22-28/h4-17,22-23H,18-21,24H2,1-3H3/b13-12+,27-23+. The van der Waals surface area contributed by atoms with Crippen LogP contribution in [-0.4, -0.2) is 35.2 Å². The second-order valence-corrected chi connectivity index (χ2v) is 11.5. The molecular weight excluding hydrogens is 487 g/mol. The van der Waals surface area contributed by atoms with Gasteiger partial charge in [-0.05, 0) is 39.8 Å². The fraction of sp³-hybridized carbons (Fsp3) is 0.294. The van der Waals surface area contributed by atoms with E-state index in [2.05, 4.69) is 50.2 Å². The topological polar surface area (TPSA) is 41.9 Å². The number of carbonyl (C=O) groups excluding carboxylic acids is 1. The summed E-state index contributed by atoms with van der Waals surface area (Å²) in [5.74, 6) is -0.296. The number of nitrogens with zero attached hydrogens (tertiary/aromatic N) is 2. The van der Waals surface area contributed by atoms with Crippen LogP contribution >= 0.6 is 0 Å². The third kappa shape index (κ3) is 6.36. The molecule has 1 spiro atoms. The Hall–Kier alpha value is -3.99. The van der Waals surface area contributed by atoms with Crippen LogP contribution in [0.15, 0.2) is 96.2 Å². The largest absolute Gasteiger partial charge is 0.388 e. The molecule has 0 bridgehead atoms. The van der Waals surface area contributed by atoms with Crippen LogP contribution in [0, 0.1) is 5.82 Å². The number of likely N-dealkylation sites (tertiary alicyclic amines) is 1. The average molecular weight is 523 g/mol. The smallest absolute Gasteiger partial charge is 0.247 e. The minimum absolute atomic E-state index is 0.0123. The van der Waals surface area contributed by atoms with Gasteiger partial charge < -0.3 is 9.74 Å². The Bertz CT molecular complexity index is 1410. The van der Waals surface area contributed by atoms with Crippen molar-refractivity contribution in [1.82, 2.24) is 4.90 Å². The SMILES string of the molecule is CC(C)(C)c1ccc(C(/C=C/c2ccccc2)=C/C(=O)N2CCC3(CC2)CC(c2cccc(F)c2)=NO3)cc1. The highest BCUT2D eigenvalue weighted by atomic mass is 19.1. The van der Waals surface area contributed by atoms with Gasteiger partial charge in [0.2, 0.25) is 5.91 Å². The van der Waals surface area contributed by atoms with Gasteiger partial charge in [-0.3, -0.25) is 4.79 Å². The first-order valence-electron chi connectivity index (χ1n) is 13.6. The molecule has 1 saturated heterocycles. The summed E-state index contributed by atoms with van der Waals surface area (Å²) in [4.78, 5) is 21.2. The summed E-state index contributed by atoms with van der Waals surface area (Å²) >= 11 is 0. The quantitative estimate of drug-likeness (QED) is 0.259. The van der Waals surface area contributed by atoms with Gasteiger partial charge in [0.15, 0.2) is 0 Å². The molecule has 0 unspecified atom stereocenters. The number of carbonyl (C=O) groups is 1. The molecule has 1 amide bonds. The monoisotopic (exact) mass is 522 g/mol. The van der Waals surface area contributed by atoms with Gasteiger partial charge in [0.1, 0.15) is 11.4 Å². The van der Waals surface area contributed by atoms with Gasteiger partial charge in [0.25, 0.3) is 0 Å². The van der Waals surface area contributed by atoms with E-state index < -0.39 is 5.60 Å². The van der Waals surface area contributed by atoms with Crippen LogP contribution in [0.2, 0.25) is 0 Å². The highest BCUT2D eigenvalue weighted by molar-refractivity contribution is 6.02. The van der Waals surface area contributed by atoms with E-state index in [-0.39, 0.29) is 17.1 Å². The maximum Gasteiger partial charge on any atom is 0.247 e. The number of rotatable bonds is 5. The Kier molecular flexibility index (Phi) is 7.51. The molecule has 2 aliphatic heterocycles. The van der Waals surface area contributed by atoms with Crippen molar-refractivity contribution < 1.29 is 14.0 Å². The van der Waals surface area contributed by atoms with Gasteiger partial charge in [-0.15, -0.1) is 0 Å². The Morgan fingerprint density at radius 1 is 0.974 bits per heavy atom. The van der Waals surface area contributed by atoms with Gasteiger partial charge >= 0.3 is 0 Å². The molecule has 3 aromatic carbocycles. The van der Waals surface area contributed by atoms with Crippen molar-refractivity contribution in [3.8, 4) is 0 Å². The van der Waals surface area contributed by atoms with E-state index in [9.17, 15) is 9.18 Å². The number of benzene rings is 3. The third-order valence-corrected chi connectivity index (χ3v) is 7.60. The van der Waals surface area contributed by atoms with Crippen LogP contribution in [0.3, 0.4) is 0 Å². The molecule has 5 rings (SSSR count). The normalized spacial score (nSPS) is 17.4. The second-order valence-electron chi connectivity index (χ2n) is 11.5. The molecule has 39 heavy (non-hydrogen) atoms. The molecular formula is C34H35FN2O2. The van der Waals surface area contributed by atoms with Crippen LogP contribution in [-0.2, 0) is 15.0 Å². The van der Waals surface area contributed by atoms with Gasteiger partial charge in [-0.2, -0.15) is 0 Å². The van der Waals surface area contributed by atoms with Crippen LogP contribution in [0.25, 0.3) is 11.6 Å². The number of oxime groups is 1. The molecule has 1 fully saturated rings. The van der Waals surface area contributed by atoms with Gasteiger partial charge in [0.05, 0.1) is 5.71 Å². The van der Waals surface area contributed by atoms with E-state index in [1.807, 2.05) is 53.5 Å². The summed E-state index contributed by atoms with van der Waals surface area (Å²) in [6.45, 7) is 7.75. The first-order valence-corrected chi connectivity index (χ1v) is 13.6. The van der Waals surface area contributed by atoms with E-state index in [0.29, 0.717) is 32.4 Å². The second kappa shape index (κ2) is 11.0. The Labute approximate surface area is 230 Å². The number of amides is 1. The van der Waals surface area contributed by atoms with Crippen LogP contribution in [0.5, 0.6) is 0 Å². The zero-order valence-corrected chi connectivity index (χ0v) is 22.9. The maximum atomic E-state index is 13.7. The van der Waals surface area contributed by atoms with Crippen molar-refractivity contribution in [2.45, 2.75) is 51.0 Å². The van der Waals surface area contributed by atoms with Crippen LogP contribution in [0.4, 0.5) is 4.39 Å². The maximum absolute atomic E-state index is 13.7. The molecule has 5 heteroatoms. The number of allylic oxidation sites excluding steroid dienone is 2. The minimum Gasteiger partial charge on any atom is -0.388 e. The van der Waals surface area contributed by atoms with Crippen molar-refractivity contribution in [2.75, 3.05) is 13.1 Å². The van der Waals surface area contributed by atoms with E-state index in [0.717, 1.165) is 28.0 Å². The zero-order valence-electron chi connectivity index (χ0n) is 22.9. The summed E-state index contributed by atoms with van der Waals surface area (Å²) in [6, 6.07) is 25.0. The predicted molar refractivity (Wildman–Crippen MR) is 156 cm³/mol. The first-order chi connectivity index (χ1) is 18.7. The fourth-order valence-electron chi connectivity index (χ4n) is 5.11. The lowest BCUT2D eigenvalue weighted by Crippen LogP contribution is -2.46. The molecule has 0 radical (unpaired) electrons. The summed E-state index contributed by atoms with van der Waals surface area (Å²) < 4.78 is 13.7. The van der Waals surface area contributed by atoms with E-state index >= 15 is 0 Å². The fourth-order valence-corrected chi connectivity index (χ4v) is 5.11. The molecule has 2 aliphatic rings. The van der Waals surface area contributed by atoms with E-state index in [1.165, 1.54) is 17.7 Å². The number of hydrogen-bond acceptors (Lipinski definition) is 3. The molecule has 4 nitrogen and oxygen atoms in total. The lowest BCUT2D eigenvalue weighted by molar-refractivity contribution is -0.131. The number of hydrogen-bond donors (Lipinski definition) is 0. The molecule has 0 N–H and O–H groups in total. The highest BCUT2D eigenvalue weighted by Crippen LogP contribution is 2.36. The highest BCUT2D eigenvalue weighted by Gasteiger charge is 2.43. The molecule has 3 aromatic rings. The van der Waals surface area contributed by atoms with E-state index in [1.54, 1.807) is 12.1 Å². The van der Waals surface area contributed by atoms with Crippen molar-refractivity contribution in [3.63, 3.8) is 0 Å². The Balaban J connectivity index is 1.30. The van der Waals surface area contributed by atoms with Crippen molar-refractivity contribution in [2.24, 2.45) is 5.16 Å². The third-order valence-electron chi connectivity index (χ3n) is 7.60. The van der Waals surface area contributed by atoms with Crippen LogP contribution in [0.1, 0.15) is 62.3 Å². The number of halogens is 1. The van der Waals surface area contributed by atoms with Gasteiger partial charge in [-0.1, -0.05) is 105 Å². The lowest BCUT2D eigenvalue weighted by atomic mass is 9.85. The summed E-state index contributed by atoms with van der Waals surface area (Å²) in [5, 5.41) is 4.28. The lowest BCUT2D eigenvalue weighted by Gasteiger charge is -2.36.